The number of carbonyl (C=O) groups excluding carboxylic acids is 2. The smallest absolute Gasteiger partial charge is 0.391 e. The molecule has 0 unspecified atom stereocenters. The van der Waals surface area contributed by atoms with Crippen molar-refractivity contribution in [1.29, 1.82) is 0 Å². The Hall–Kier alpha value is -2.76. The van der Waals surface area contributed by atoms with Crippen molar-refractivity contribution < 1.29 is 27.5 Å². The summed E-state index contributed by atoms with van der Waals surface area (Å²) in [5, 5.41) is 2.95. The van der Waals surface area contributed by atoms with Gasteiger partial charge in [0.1, 0.15) is 12.9 Å². The lowest BCUT2D eigenvalue weighted by Gasteiger charge is -2.33. The molecular weight excluding hydrogens is 459 g/mol. The number of amides is 2. The lowest BCUT2D eigenvalue weighted by Crippen LogP contribution is -2.44. The first-order valence-electron chi connectivity index (χ1n) is 10.9. The average molecular weight is 484 g/mol. The molecule has 0 bridgehead atoms. The number of aromatic nitrogens is 3. The van der Waals surface area contributed by atoms with Crippen molar-refractivity contribution in [2.75, 3.05) is 18.5 Å². The highest BCUT2D eigenvalue weighted by Gasteiger charge is 2.44. The van der Waals surface area contributed by atoms with Crippen LogP contribution in [0.1, 0.15) is 49.0 Å². The summed E-state index contributed by atoms with van der Waals surface area (Å²) >= 11 is 1.04. The Labute approximate surface area is 192 Å². The molecule has 2 fully saturated rings. The van der Waals surface area contributed by atoms with E-state index in [0.717, 1.165) is 24.4 Å². The van der Waals surface area contributed by atoms with Crippen LogP contribution in [0.2, 0.25) is 0 Å². The van der Waals surface area contributed by atoms with Crippen molar-refractivity contribution in [3.63, 3.8) is 0 Å². The predicted molar refractivity (Wildman–Crippen MR) is 114 cm³/mol. The normalized spacial score (nSPS) is 23.4. The van der Waals surface area contributed by atoms with Crippen molar-refractivity contribution in [2.45, 2.75) is 50.7 Å². The van der Waals surface area contributed by atoms with Gasteiger partial charge >= 0.3 is 6.18 Å². The summed E-state index contributed by atoms with van der Waals surface area (Å²) in [6.45, 7) is 0.734. The molecular formula is C21H24F3N5O3S. The number of pyridine rings is 1. The van der Waals surface area contributed by atoms with E-state index in [1.165, 1.54) is 12.5 Å². The van der Waals surface area contributed by atoms with Crippen molar-refractivity contribution in [2.24, 2.45) is 11.8 Å². The van der Waals surface area contributed by atoms with E-state index in [0.29, 0.717) is 11.7 Å². The molecule has 0 radical (unpaired) electrons. The minimum Gasteiger partial charge on any atom is -0.489 e. The van der Waals surface area contributed by atoms with Gasteiger partial charge in [0, 0.05) is 30.2 Å². The number of nitrogens with one attached hydrogen (secondary N) is 1. The molecule has 3 heterocycles. The van der Waals surface area contributed by atoms with E-state index < -0.39 is 18.0 Å². The van der Waals surface area contributed by atoms with Crippen LogP contribution in [0.4, 0.5) is 18.3 Å². The molecule has 1 atom stereocenters. The van der Waals surface area contributed by atoms with Crippen molar-refractivity contribution in [1.82, 2.24) is 19.2 Å². The SMILES string of the molecule is O=C(Nc1ncns1)c1ncccc1OC[C@H]1CCCN1C(=O)[C@H]1CC[C@H](C(F)(F)F)CC1. The van der Waals surface area contributed by atoms with Crippen molar-refractivity contribution >= 4 is 28.5 Å². The molecule has 1 saturated heterocycles. The molecule has 12 heteroatoms. The van der Waals surface area contributed by atoms with Crippen LogP contribution in [0, 0.1) is 11.8 Å². The molecule has 1 aliphatic heterocycles. The van der Waals surface area contributed by atoms with Gasteiger partial charge in [0.25, 0.3) is 5.91 Å². The van der Waals surface area contributed by atoms with Gasteiger partial charge in [-0.05, 0) is 50.7 Å². The van der Waals surface area contributed by atoms with Crippen LogP contribution in [0.15, 0.2) is 24.7 Å². The molecule has 2 amide bonds. The van der Waals surface area contributed by atoms with E-state index in [2.05, 4.69) is 19.7 Å². The monoisotopic (exact) mass is 483 g/mol. The number of anilines is 1. The number of carbonyl (C=O) groups is 2. The standard InChI is InChI=1S/C21H24F3N5O3S/c22-21(23,24)14-7-5-13(6-8-14)19(31)29-10-2-3-15(29)11-32-16-4-1-9-25-17(16)18(30)28-20-26-12-27-33-20/h1,4,9,12-15H,2-3,5-8,10-11H2,(H,26,27,28,30)/t13-,14-,15-/m1/s1. The third kappa shape index (κ3) is 5.60. The molecule has 0 aromatic carbocycles. The van der Waals surface area contributed by atoms with Gasteiger partial charge in [-0.25, -0.2) is 9.97 Å². The Balaban J connectivity index is 1.35. The van der Waals surface area contributed by atoms with E-state index in [1.54, 1.807) is 17.0 Å². The number of ether oxygens (including phenoxy) is 1. The Morgan fingerprint density at radius 3 is 2.67 bits per heavy atom. The van der Waals surface area contributed by atoms with Gasteiger partial charge in [-0.2, -0.15) is 17.5 Å². The van der Waals surface area contributed by atoms with Crippen LogP contribution in [-0.2, 0) is 4.79 Å². The summed E-state index contributed by atoms with van der Waals surface area (Å²) in [7, 11) is 0. The zero-order chi connectivity index (χ0) is 23.4. The molecule has 1 aliphatic carbocycles. The Morgan fingerprint density at radius 2 is 1.97 bits per heavy atom. The molecule has 8 nitrogen and oxygen atoms in total. The minimum atomic E-state index is -4.19. The molecule has 4 rings (SSSR count). The second-order valence-electron chi connectivity index (χ2n) is 8.28. The molecule has 0 spiro atoms. The summed E-state index contributed by atoms with van der Waals surface area (Å²) in [5.41, 5.74) is 0.0917. The first kappa shape index (κ1) is 23.4. The zero-order valence-electron chi connectivity index (χ0n) is 17.8. The van der Waals surface area contributed by atoms with Crippen LogP contribution in [-0.4, -0.2) is 56.4 Å². The fourth-order valence-corrected chi connectivity index (χ4v) is 4.88. The maximum absolute atomic E-state index is 13.0. The molecule has 1 saturated carbocycles. The van der Waals surface area contributed by atoms with E-state index in [4.69, 9.17) is 4.74 Å². The predicted octanol–water partition coefficient (Wildman–Crippen LogP) is 3.92. The maximum Gasteiger partial charge on any atom is 0.391 e. The Morgan fingerprint density at radius 1 is 1.18 bits per heavy atom. The fourth-order valence-electron chi connectivity index (χ4n) is 4.45. The number of likely N-dealkylation sites (tertiary alicyclic amines) is 1. The van der Waals surface area contributed by atoms with Gasteiger partial charge in [0.15, 0.2) is 11.4 Å². The molecule has 2 aliphatic rings. The highest BCUT2D eigenvalue weighted by Crippen LogP contribution is 2.40. The first-order chi connectivity index (χ1) is 15.8. The van der Waals surface area contributed by atoms with E-state index >= 15 is 0 Å². The summed E-state index contributed by atoms with van der Waals surface area (Å²) < 4.78 is 48.5. The van der Waals surface area contributed by atoms with Crippen LogP contribution in [0.25, 0.3) is 0 Å². The minimum absolute atomic E-state index is 0.00229. The number of alkyl halides is 3. The van der Waals surface area contributed by atoms with Gasteiger partial charge in [-0.3, -0.25) is 14.9 Å². The average Bonchev–Trinajstić information content (AvgIpc) is 3.49. The molecule has 1 N–H and O–H groups in total. The number of hydrogen-bond donors (Lipinski definition) is 1. The second-order valence-corrected chi connectivity index (χ2v) is 9.06. The highest BCUT2D eigenvalue weighted by molar-refractivity contribution is 7.09. The third-order valence-corrected chi connectivity index (χ3v) is 6.78. The van der Waals surface area contributed by atoms with Crippen molar-refractivity contribution in [3.8, 4) is 5.75 Å². The molecule has 2 aromatic heterocycles. The quantitative estimate of drug-likeness (QED) is 0.669. The topological polar surface area (TPSA) is 97.3 Å². The lowest BCUT2D eigenvalue weighted by atomic mass is 9.81. The number of hydrogen-bond acceptors (Lipinski definition) is 7. The third-order valence-electron chi connectivity index (χ3n) is 6.20. The Kier molecular flexibility index (Phi) is 7.11. The van der Waals surface area contributed by atoms with Gasteiger partial charge in [-0.1, -0.05) is 0 Å². The summed E-state index contributed by atoms with van der Waals surface area (Å²) in [6.07, 6.45) is 0.654. The number of halogens is 3. The molecule has 33 heavy (non-hydrogen) atoms. The summed E-state index contributed by atoms with van der Waals surface area (Å²) in [5.74, 6) is -1.99. The lowest BCUT2D eigenvalue weighted by molar-refractivity contribution is -0.185. The molecule has 2 aromatic rings. The zero-order valence-corrected chi connectivity index (χ0v) is 18.6. The largest absolute Gasteiger partial charge is 0.489 e. The van der Waals surface area contributed by atoms with E-state index in [-0.39, 0.29) is 61.6 Å². The first-order valence-corrected chi connectivity index (χ1v) is 11.6. The van der Waals surface area contributed by atoms with Gasteiger partial charge in [0.05, 0.1) is 12.0 Å². The van der Waals surface area contributed by atoms with Gasteiger partial charge in [0.2, 0.25) is 11.0 Å². The van der Waals surface area contributed by atoms with Crippen LogP contribution >= 0.6 is 11.5 Å². The van der Waals surface area contributed by atoms with Gasteiger partial charge < -0.3 is 9.64 Å². The van der Waals surface area contributed by atoms with E-state index in [1.807, 2.05) is 0 Å². The second kappa shape index (κ2) is 10.0. The summed E-state index contributed by atoms with van der Waals surface area (Å²) in [6, 6.07) is 3.08. The van der Waals surface area contributed by atoms with Gasteiger partial charge in [-0.15, -0.1) is 0 Å². The fraction of sp³-hybridized carbons (Fsp3) is 0.571. The number of rotatable bonds is 6. The highest BCUT2D eigenvalue weighted by atomic mass is 32.1. The maximum atomic E-state index is 13.0. The summed E-state index contributed by atoms with van der Waals surface area (Å²) in [4.78, 5) is 35.3. The van der Waals surface area contributed by atoms with E-state index in [9.17, 15) is 22.8 Å². The number of nitrogens with zero attached hydrogens (tertiary/aromatic N) is 4. The van der Waals surface area contributed by atoms with Crippen LogP contribution < -0.4 is 10.1 Å². The van der Waals surface area contributed by atoms with Crippen LogP contribution in [0.3, 0.4) is 0 Å². The van der Waals surface area contributed by atoms with Crippen LogP contribution in [0.5, 0.6) is 5.75 Å². The molecule has 178 valence electrons. The Bertz CT molecular complexity index is 964. The van der Waals surface area contributed by atoms with Crippen molar-refractivity contribution in [3.05, 3.63) is 30.4 Å².